The van der Waals surface area contributed by atoms with Crippen LogP contribution in [0.4, 0.5) is 0 Å². The summed E-state index contributed by atoms with van der Waals surface area (Å²) in [6.07, 6.45) is 7.24. The highest BCUT2D eigenvalue weighted by molar-refractivity contribution is 6.13. The Hall–Kier alpha value is -3.70. The number of nitrogens with one attached hydrogen (secondary N) is 2. The van der Waals surface area contributed by atoms with Gasteiger partial charge in [-0.2, -0.15) is 5.10 Å². The van der Waals surface area contributed by atoms with Gasteiger partial charge in [0.1, 0.15) is 0 Å². The van der Waals surface area contributed by atoms with Gasteiger partial charge < -0.3 is 10.7 Å². The Labute approximate surface area is 173 Å². The van der Waals surface area contributed by atoms with Crippen LogP contribution in [0.2, 0.25) is 0 Å². The number of pyridine rings is 1. The number of benzene rings is 3. The predicted molar refractivity (Wildman–Crippen MR) is 122 cm³/mol. The maximum Gasteiger partial charge on any atom is 0.256 e. The Bertz CT molecular complexity index is 1390. The molecule has 0 atom stereocenters. The molecular formula is C25H22N4O. The molecule has 5 aromatic rings. The molecule has 0 aliphatic carbocycles. The number of aromatic amines is 2. The molecule has 5 rings (SSSR count). The van der Waals surface area contributed by atoms with E-state index in [4.69, 9.17) is 5.73 Å². The van der Waals surface area contributed by atoms with Gasteiger partial charge in [-0.15, -0.1) is 0 Å². The van der Waals surface area contributed by atoms with Crippen LogP contribution in [0.5, 0.6) is 0 Å². The molecule has 2 heterocycles. The number of hydrogen-bond acceptors (Lipinski definition) is 3. The zero-order chi connectivity index (χ0) is 20.5. The van der Waals surface area contributed by atoms with Crippen molar-refractivity contribution < 1.29 is 0 Å². The molecule has 2 aromatic heterocycles. The minimum absolute atomic E-state index is 0.0793. The van der Waals surface area contributed by atoms with E-state index in [1.807, 2.05) is 30.6 Å². The van der Waals surface area contributed by atoms with E-state index >= 15 is 0 Å². The number of H-pyrrole nitrogens is 2. The van der Waals surface area contributed by atoms with Crippen LogP contribution in [0.3, 0.4) is 0 Å². The number of nitrogens with two attached hydrogens (primary N) is 1. The molecule has 0 unspecified atom stereocenters. The van der Waals surface area contributed by atoms with Crippen LogP contribution >= 0.6 is 0 Å². The van der Waals surface area contributed by atoms with Crippen molar-refractivity contribution >= 4 is 21.5 Å². The predicted octanol–water partition coefficient (Wildman–Crippen LogP) is 4.63. The average molecular weight is 394 g/mol. The quantitative estimate of drug-likeness (QED) is 0.380. The molecule has 0 saturated carbocycles. The highest BCUT2D eigenvalue weighted by atomic mass is 16.1. The SMILES string of the molecule is NCCCc1cc2c(-c3ccccc3)c[nH]c(=O)c2c2cc(-c3cn[nH]c3)ccc12. The van der Waals surface area contributed by atoms with Crippen LogP contribution in [0.15, 0.2) is 78.0 Å². The van der Waals surface area contributed by atoms with Gasteiger partial charge in [0.2, 0.25) is 0 Å². The van der Waals surface area contributed by atoms with Gasteiger partial charge in [0.25, 0.3) is 5.56 Å². The van der Waals surface area contributed by atoms with Gasteiger partial charge >= 0.3 is 0 Å². The number of aryl methyl sites for hydroxylation is 1. The van der Waals surface area contributed by atoms with E-state index in [-0.39, 0.29) is 5.56 Å². The lowest BCUT2D eigenvalue weighted by Crippen LogP contribution is -2.08. The topological polar surface area (TPSA) is 87.6 Å². The van der Waals surface area contributed by atoms with E-state index in [0.29, 0.717) is 11.9 Å². The molecule has 0 saturated heterocycles. The second kappa shape index (κ2) is 7.61. The number of rotatable bonds is 5. The molecule has 0 spiro atoms. The maximum absolute atomic E-state index is 13.0. The highest BCUT2D eigenvalue weighted by Crippen LogP contribution is 2.35. The van der Waals surface area contributed by atoms with Crippen LogP contribution in [0, 0.1) is 0 Å². The molecule has 0 fully saturated rings. The van der Waals surface area contributed by atoms with Gasteiger partial charge in [-0.3, -0.25) is 9.89 Å². The third kappa shape index (κ3) is 3.09. The van der Waals surface area contributed by atoms with Crippen molar-refractivity contribution in [1.82, 2.24) is 15.2 Å². The van der Waals surface area contributed by atoms with Gasteiger partial charge in [0, 0.05) is 23.5 Å². The third-order valence-corrected chi connectivity index (χ3v) is 5.65. The lowest BCUT2D eigenvalue weighted by Gasteiger charge is -2.14. The van der Waals surface area contributed by atoms with Crippen molar-refractivity contribution in [3.63, 3.8) is 0 Å². The molecule has 0 radical (unpaired) electrons. The number of hydrogen-bond donors (Lipinski definition) is 3. The minimum atomic E-state index is -0.0793. The molecule has 3 aromatic carbocycles. The molecule has 0 bridgehead atoms. The van der Waals surface area contributed by atoms with Crippen molar-refractivity contribution in [2.45, 2.75) is 12.8 Å². The summed E-state index contributed by atoms with van der Waals surface area (Å²) < 4.78 is 0. The van der Waals surface area contributed by atoms with Crippen LogP contribution in [-0.4, -0.2) is 21.7 Å². The van der Waals surface area contributed by atoms with Crippen molar-refractivity contribution in [3.8, 4) is 22.3 Å². The number of nitrogens with zero attached hydrogens (tertiary/aromatic N) is 1. The molecular weight excluding hydrogens is 372 g/mol. The highest BCUT2D eigenvalue weighted by Gasteiger charge is 2.15. The van der Waals surface area contributed by atoms with E-state index in [0.717, 1.165) is 51.3 Å². The second-order valence-electron chi connectivity index (χ2n) is 7.50. The van der Waals surface area contributed by atoms with Gasteiger partial charge in [0.05, 0.1) is 11.6 Å². The van der Waals surface area contributed by atoms with Crippen LogP contribution < -0.4 is 11.3 Å². The first-order valence-corrected chi connectivity index (χ1v) is 10.1. The molecule has 0 amide bonds. The Morgan fingerprint density at radius 3 is 2.50 bits per heavy atom. The second-order valence-corrected chi connectivity index (χ2v) is 7.50. The third-order valence-electron chi connectivity index (χ3n) is 5.65. The Kier molecular flexibility index (Phi) is 4.65. The first-order chi connectivity index (χ1) is 14.8. The monoisotopic (exact) mass is 394 g/mol. The fraction of sp³-hybridized carbons (Fsp3) is 0.120. The summed E-state index contributed by atoms with van der Waals surface area (Å²) in [4.78, 5) is 16.0. The summed E-state index contributed by atoms with van der Waals surface area (Å²) in [6, 6.07) is 18.6. The summed E-state index contributed by atoms with van der Waals surface area (Å²) in [7, 11) is 0. The van der Waals surface area contributed by atoms with Crippen molar-refractivity contribution in [2.75, 3.05) is 6.54 Å². The fourth-order valence-electron chi connectivity index (χ4n) is 4.19. The molecule has 0 aliphatic rings. The molecule has 148 valence electrons. The molecule has 5 nitrogen and oxygen atoms in total. The summed E-state index contributed by atoms with van der Waals surface area (Å²) in [6.45, 7) is 0.632. The zero-order valence-electron chi connectivity index (χ0n) is 16.5. The van der Waals surface area contributed by atoms with E-state index in [1.54, 1.807) is 6.20 Å². The Morgan fingerprint density at radius 2 is 1.73 bits per heavy atom. The first-order valence-electron chi connectivity index (χ1n) is 10.1. The van der Waals surface area contributed by atoms with E-state index in [2.05, 4.69) is 51.6 Å². The standard InChI is InChI=1S/C25H22N4O/c26-10-4-7-18-12-22-23(16-5-2-1-3-6-16)15-27-25(30)24(22)21-11-17(8-9-20(18)21)19-13-28-29-14-19/h1-3,5-6,8-9,11-15H,4,7,10,26H2,(H,27,30)(H,28,29). The van der Waals surface area contributed by atoms with Gasteiger partial charge in [0.15, 0.2) is 0 Å². The number of fused-ring (bicyclic) bond motifs is 3. The smallest absolute Gasteiger partial charge is 0.256 e. The molecule has 0 aliphatic heterocycles. The van der Waals surface area contributed by atoms with Crippen LogP contribution in [0.1, 0.15) is 12.0 Å². The largest absolute Gasteiger partial charge is 0.330 e. The fourth-order valence-corrected chi connectivity index (χ4v) is 4.19. The summed E-state index contributed by atoms with van der Waals surface area (Å²) in [5.41, 5.74) is 11.1. The van der Waals surface area contributed by atoms with Crippen molar-refractivity contribution in [3.05, 3.63) is 89.1 Å². The lowest BCUT2D eigenvalue weighted by atomic mass is 9.90. The van der Waals surface area contributed by atoms with E-state index < -0.39 is 0 Å². The zero-order valence-corrected chi connectivity index (χ0v) is 16.5. The lowest BCUT2D eigenvalue weighted by molar-refractivity contribution is 0.838. The Morgan fingerprint density at radius 1 is 0.867 bits per heavy atom. The van der Waals surface area contributed by atoms with E-state index in [9.17, 15) is 4.79 Å². The first kappa shape index (κ1) is 18.3. The summed E-state index contributed by atoms with van der Waals surface area (Å²) in [5, 5.41) is 10.7. The van der Waals surface area contributed by atoms with Crippen LogP contribution in [0.25, 0.3) is 43.8 Å². The minimum Gasteiger partial charge on any atom is -0.330 e. The van der Waals surface area contributed by atoms with Crippen molar-refractivity contribution in [1.29, 1.82) is 0 Å². The van der Waals surface area contributed by atoms with Crippen molar-refractivity contribution in [2.24, 2.45) is 5.73 Å². The Balaban J connectivity index is 1.88. The van der Waals surface area contributed by atoms with Gasteiger partial charge in [-0.25, -0.2) is 0 Å². The van der Waals surface area contributed by atoms with Crippen LogP contribution in [-0.2, 0) is 6.42 Å². The van der Waals surface area contributed by atoms with Gasteiger partial charge in [-0.05, 0) is 64.4 Å². The van der Waals surface area contributed by atoms with Gasteiger partial charge in [-0.1, -0.05) is 42.5 Å². The molecule has 30 heavy (non-hydrogen) atoms. The summed E-state index contributed by atoms with van der Waals surface area (Å²) in [5.74, 6) is 0. The van der Waals surface area contributed by atoms with E-state index in [1.165, 1.54) is 5.56 Å². The average Bonchev–Trinajstić information content (AvgIpc) is 3.33. The number of aromatic nitrogens is 3. The molecule has 4 N–H and O–H groups in total. The maximum atomic E-state index is 13.0. The normalized spacial score (nSPS) is 11.4. The summed E-state index contributed by atoms with van der Waals surface area (Å²) >= 11 is 0. The molecule has 5 heteroatoms.